The summed E-state index contributed by atoms with van der Waals surface area (Å²) in [6.45, 7) is 0. The van der Waals surface area contributed by atoms with Crippen LogP contribution >= 0.6 is 0 Å². The molecular formula is C24H31N3O2. The fraction of sp³-hybridized carbons (Fsp3) is 0.667. The molecule has 154 valence electrons. The largest absolute Gasteiger partial charge is 0.317 e. The van der Waals surface area contributed by atoms with Gasteiger partial charge in [-0.15, -0.1) is 0 Å². The third kappa shape index (κ3) is 2.37. The zero-order valence-electron chi connectivity index (χ0n) is 17.1. The third-order valence-corrected chi connectivity index (χ3v) is 8.75. The first-order valence-corrected chi connectivity index (χ1v) is 11.7. The Balaban J connectivity index is 1.37. The Kier molecular flexibility index (Phi) is 4.06. The van der Waals surface area contributed by atoms with Crippen molar-refractivity contribution in [2.45, 2.75) is 94.8 Å². The molecule has 4 atom stereocenters. The summed E-state index contributed by atoms with van der Waals surface area (Å²) in [4.78, 5) is 31.0. The monoisotopic (exact) mass is 393 g/mol. The lowest BCUT2D eigenvalue weighted by Crippen LogP contribution is -2.80. The number of rotatable bonds is 2. The zero-order valence-corrected chi connectivity index (χ0v) is 17.1. The molecule has 5 nitrogen and oxygen atoms in total. The summed E-state index contributed by atoms with van der Waals surface area (Å²) in [6, 6.07) is 9.95. The average Bonchev–Trinajstić information content (AvgIpc) is 3.12. The molecule has 0 radical (unpaired) electrons. The van der Waals surface area contributed by atoms with Gasteiger partial charge >= 0.3 is 11.1 Å². The first-order valence-electron chi connectivity index (χ1n) is 11.7. The predicted molar refractivity (Wildman–Crippen MR) is 114 cm³/mol. The van der Waals surface area contributed by atoms with Gasteiger partial charge in [-0.05, 0) is 44.2 Å². The van der Waals surface area contributed by atoms with Crippen LogP contribution in [0.15, 0.2) is 33.9 Å². The van der Waals surface area contributed by atoms with Crippen LogP contribution in [0.25, 0.3) is 11.0 Å². The molecule has 1 spiro atoms. The molecule has 29 heavy (non-hydrogen) atoms. The average molecular weight is 394 g/mol. The van der Waals surface area contributed by atoms with E-state index in [0.29, 0.717) is 12.1 Å². The van der Waals surface area contributed by atoms with Gasteiger partial charge in [0.15, 0.2) is 0 Å². The zero-order chi connectivity index (χ0) is 19.6. The highest BCUT2D eigenvalue weighted by molar-refractivity contribution is 5.74. The van der Waals surface area contributed by atoms with Crippen LogP contribution in [-0.4, -0.2) is 32.6 Å². The van der Waals surface area contributed by atoms with Gasteiger partial charge in [0, 0.05) is 29.6 Å². The number of nitrogens with zero attached hydrogens (tertiary/aromatic N) is 2. The van der Waals surface area contributed by atoms with E-state index in [1.807, 2.05) is 28.8 Å². The minimum absolute atomic E-state index is 0.185. The SMILES string of the molecule is O=c1[nH]c2ccccc2n([C@@H]2C[C@H]3N(C4CCCCCCC4)[C@@H]4CCC[C@]432)c1=O. The van der Waals surface area contributed by atoms with Gasteiger partial charge in [-0.3, -0.25) is 19.1 Å². The van der Waals surface area contributed by atoms with Gasteiger partial charge in [-0.1, -0.05) is 50.7 Å². The van der Waals surface area contributed by atoms with Crippen molar-refractivity contribution in [1.29, 1.82) is 0 Å². The van der Waals surface area contributed by atoms with Crippen molar-refractivity contribution in [3.05, 3.63) is 45.0 Å². The molecule has 0 unspecified atom stereocenters. The molecule has 2 heterocycles. The number of aromatic nitrogens is 2. The van der Waals surface area contributed by atoms with E-state index in [0.717, 1.165) is 23.5 Å². The van der Waals surface area contributed by atoms with Crippen molar-refractivity contribution in [3.63, 3.8) is 0 Å². The molecular weight excluding hydrogens is 362 g/mol. The molecule has 1 aliphatic heterocycles. The van der Waals surface area contributed by atoms with Gasteiger partial charge < -0.3 is 4.98 Å². The molecule has 4 fully saturated rings. The van der Waals surface area contributed by atoms with Crippen molar-refractivity contribution in [2.24, 2.45) is 5.41 Å². The Morgan fingerprint density at radius 3 is 2.45 bits per heavy atom. The smallest absolute Gasteiger partial charge is 0.316 e. The summed E-state index contributed by atoms with van der Waals surface area (Å²) >= 11 is 0. The van der Waals surface area contributed by atoms with Crippen LogP contribution < -0.4 is 11.1 Å². The summed E-state index contributed by atoms with van der Waals surface area (Å²) in [5.74, 6) is 0. The van der Waals surface area contributed by atoms with Gasteiger partial charge in [-0.2, -0.15) is 0 Å². The molecule has 0 amide bonds. The lowest BCUT2D eigenvalue weighted by Gasteiger charge is -2.74. The van der Waals surface area contributed by atoms with E-state index in [9.17, 15) is 9.59 Å². The Hall–Kier alpha value is -1.88. The number of nitrogens with one attached hydrogen (secondary N) is 1. The topological polar surface area (TPSA) is 58.1 Å². The summed E-state index contributed by atoms with van der Waals surface area (Å²) in [5, 5.41) is 0. The van der Waals surface area contributed by atoms with Crippen LogP contribution in [0.4, 0.5) is 0 Å². The number of aromatic amines is 1. The second-order valence-corrected chi connectivity index (χ2v) is 9.88. The number of fused-ring (bicyclic) bond motifs is 1. The second-order valence-electron chi connectivity index (χ2n) is 9.88. The van der Waals surface area contributed by atoms with Crippen LogP contribution in [0.5, 0.6) is 0 Å². The molecule has 1 aromatic heterocycles. The molecule has 1 aromatic carbocycles. The van der Waals surface area contributed by atoms with E-state index >= 15 is 0 Å². The minimum Gasteiger partial charge on any atom is -0.316 e. The van der Waals surface area contributed by atoms with Gasteiger partial charge in [0.25, 0.3) is 0 Å². The number of likely N-dealkylation sites (tertiary alicyclic amines) is 1. The lowest BCUT2D eigenvalue weighted by molar-refractivity contribution is -0.241. The third-order valence-electron chi connectivity index (χ3n) is 8.75. The molecule has 0 bridgehead atoms. The molecule has 1 saturated heterocycles. The number of piperidine rings is 1. The molecule has 3 saturated carbocycles. The highest BCUT2D eigenvalue weighted by Crippen LogP contribution is 2.70. The number of benzene rings is 1. The van der Waals surface area contributed by atoms with Gasteiger partial charge in [0.2, 0.25) is 0 Å². The van der Waals surface area contributed by atoms with Crippen molar-refractivity contribution >= 4 is 11.0 Å². The summed E-state index contributed by atoms with van der Waals surface area (Å²) in [5.41, 5.74) is 1.06. The maximum Gasteiger partial charge on any atom is 0.317 e. The number of hydrogen-bond acceptors (Lipinski definition) is 3. The number of H-pyrrole nitrogens is 1. The maximum atomic E-state index is 13.0. The van der Waals surface area contributed by atoms with Gasteiger partial charge in [0.1, 0.15) is 0 Å². The van der Waals surface area contributed by atoms with E-state index < -0.39 is 5.56 Å². The van der Waals surface area contributed by atoms with E-state index in [1.165, 1.54) is 64.2 Å². The standard InChI is InChI=1S/C24H31N3O2/c28-22-23(29)27(18-12-7-6-11-17(18)25-22)21-15-20-24(21)14-8-13-19(24)26(20)16-9-4-2-1-3-5-10-16/h6-7,11-12,16,19-21H,1-5,8-10,13-15H2,(H,25,28)/t19-,20-,21-,24+/m1/s1. The highest BCUT2D eigenvalue weighted by Gasteiger charge is 2.73. The van der Waals surface area contributed by atoms with Crippen molar-refractivity contribution in [1.82, 2.24) is 14.5 Å². The van der Waals surface area contributed by atoms with Crippen LogP contribution in [-0.2, 0) is 0 Å². The fourth-order valence-corrected chi connectivity index (χ4v) is 7.57. The Morgan fingerprint density at radius 1 is 0.862 bits per heavy atom. The van der Waals surface area contributed by atoms with Crippen molar-refractivity contribution in [3.8, 4) is 0 Å². The molecule has 1 N–H and O–H groups in total. The molecule has 3 aliphatic carbocycles. The van der Waals surface area contributed by atoms with E-state index in [1.54, 1.807) is 0 Å². The molecule has 2 aromatic rings. The van der Waals surface area contributed by atoms with Crippen LogP contribution in [0, 0.1) is 5.41 Å². The lowest BCUT2D eigenvalue weighted by atomic mass is 9.49. The quantitative estimate of drug-likeness (QED) is 0.786. The van der Waals surface area contributed by atoms with E-state index in [-0.39, 0.29) is 17.0 Å². The summed E-state index contributed by atoms with van der Waals surface area (Å²) in [6.07, 6.45) is 14.4. The van der Waals surface area contributed by atoms with Crippen molar-refractivity contribution in [2.75, 3.05) is 0 Å². The number of para-hydroxylation sites is 2. The normalized spacial score (nSPS) is 35.2. The van der Waals surface area contributed by atoms with Gasteiger partial charge in [0.05, 0.1) is 11.0 Å². The Labute approximate surface area is 171 Å². The first-order chi connectivity index (χ1) is 14.2. The molecule has 5 heteroatoms. The predicted octanol–water partition coefficient (Wildman–Crippen LogP) is 3.97. The second kappa shape index (κ2) is 6.56. The highest BCUT2D eigenvalue weighted by atomic mass is 16.2. The fourth-order valence-electron chi connectivity index (χ4n) is 7.57. The van der Waals surface area contributed by atoms with Crippen LogP contribution in [0.1, 0.15) is 76.7 Å². The maximum absolute atomic E-state index is 13.0. The van der Waals surface area contributed by atoms with Crippen LogP contribution in [0.3, 0.4) is 0 Å². The van der Waals surface area contributed by atoms with E-state index in [4.69, 9.17) is 0 Å². The Morgan fingerprint density at radius 2 is 1.62 bits per heavy atom. The minimum atomic E-state index is -0.478. The summed E-state index contributed by atoms with van der Waals surface area (Å²) < 4.78 is 1.87. The number of hydrogen-bond donors (Lipinski definition) is 1. The molecule has 6 rings (SSSR count). The first kappa shape index (κ1) is 17.9. The summed E-state index contributed by atoms with van der Waals surface area (Å²) in [7, 11) is 0. The molecule has 4 aliphatic rings. The van der Waals surface area contributed by atoms with Crippen molar-refractivity contribution < 1.29 is 0 Å². The van der Waals surface area contributed by atoms with E-state index in [2.05, 4.69) is 9.88 Å². The Bertz CT molecular complexity index is 1050. The van der Waals surface area contributed by atoms with Crippen LogP contribution in [0.2, 0.25) is 0 Å². The van der Waals surface area contributed by atoms with Gasteiger partial charge in [-0.25, -0.2) is 0 Å².